The highest BCUT2D eigenvalue weighted by Crippen LogP contribution is 2.14. The third-order valence-corrected chi connectivity index (χ3v) is 6.99. The van der Waals surface area contributed by atoms with Crippen LogP contribution in [0.5, 0.6) is 0 Å². The molecule has 8 nitrogen and oxygen atoms in total. The summed E-state index contributed by atoms with van der Waals surface area (Å²) in [6, 6.07) is 0. The van der Waals surface area contributed by atoms with E-state index in [4.69, 9.17) is 9.29 Å². The molecule has 0 aliphatic carbocycles. The highest BCUT2D eigenvalue weighted by Gasteiger charge is 2.21. The van der Waals surface area contributed by atoms with Crippen molar-refractivity contribution in [1.29, 1.82) is 0 Å². The first kappa shape index (κ1) is 34.8. The Labute approximate surface area is 219 Å². The van der Waals surface area contributed by atoms with Crippen molar-refractivity contribution >= 4 is 22.1 Å². The Bertz CT molecular complexity index is 636. The van der Waals surface area contributed by atoms with Crippen LogP contribution < -0.4 is 0 Å². The van der Waals surface area contributed by atoms with E-state index in [0.717, 1.165) is 19.3 Å². The van der Waals surface area contributed by atoms with Crippen LogP contribution in [-0.4, -0.2) is 55.1 Å². The third-order valence-electron chi connectivity index (χ3n) is 6.18. The minimum Gasteiger partial charge on any atom is -0.466 e. The summed E-state index contributed by atoms with van der Waals surface area (Å²) in [5, 5.41) is 9.66. The third kappa shape index (κ3) is 25.9. The molecule has 0 aromatic rings. The lowest BCUT2D eigenvalue weighted by Crippen LogP contribution is -2.27. The van der Waals surface area contributed by atoms with Gasteiger partial charge in [-0.1, -0.05) is 116 Å². The van der Waals surface area contributed by atoms with Gasteiger partial charge in [0.15, 0.2) is 6.10 Å². The predicted octanol–water partition coefficient (Wildman–Crippen LogP) is 6.14. The van der Waals surface area contributed by atoms with Crippen molar-refractivity contribution in [2.45, 2.75) is 141 Å². The fourth-order valence-electron chi connectivity index (χ4n) is 4.00. The van der Waals surface area contributed by atoms with Gasteiger partial charge >= 0.3 is 11.9 Å². The predicted molar refractivity (Wildman–Crippen MR) is 142 cm³/mol. The van der Waals surface area contributed by atoms with Gasteiger partial charge in [-0.05, 0) is 12.8 Å². The fraction of sp³-hybridized carbons (Fsp3) is 0.926. The Hall–Kier alpha value is -1.19. The first-order valence-corrected chi connectivity index (χ1v) is 15.8. The van der Waals surface area contributed by atoms with Gasteiger partial charge in [-0.25, -0.2) is 4.79 Å². The van der Waals surface area contributed by atoms with Crippen LogP contribution in [0.15, 0.2) is 0 Å². The molecule has 0 heterocycles. The summed E-state index contributed by atoms with van der Waals surface area (Å²) in [6.45, 7) is 2.24. The molecule has 1 atom stereocenters. The van der Waals surface area contributed by atoms with E-state index in [1.54, 1.807) is 0 Å². The van der Waals surface area contributed by atoms with Crippen LogP contribution in [0.3, 0.4) is 0 Å². The zero-order valence-corrected chi connectivity index (χ0v) is 23.4. The Balaban J connectivity index is 3.39. The minimum absolute atomic E-state index is 0.0961. The summed E-state index contributed by atoms with van der Waals surface area (Å²) in [4.78, 5) is 23.3. The summed E-state index contributed by atoms with van der Waals surface area (Å²) in [5.74, 6) is -2.24. The molecule has 0 aromatic heterocycles. The molecule has 0 amide bonds. The molecule has 9 heteroatoms. The van der Waals surface area contributed by atoms with Crippen LogP contribution in [0.4, 0.5) is 0 Å². The Morgan fingerprint density at radius 3 is 1.44 bits per heavy atom. The average molecular weight is 537 g/mol. The smallest absolute Gasteiger partial charge is 0.335 e. The van der Waals surface area contributed by atoms with Crippen LogP contribution in [0, 0.1) is 0 Å². The van der Waals surface area contributed by atoms with Gasteiger partial charge in [0.05, 0.1) is 25.4 Å². The van der Waals surface area contributed by atoms with Crippen molar-refractivity contribution in [3.63, 3.8) is 0 Å². The van der Waals surface area contributed by atoms with E-state index < -0.39 is 40.3 Å². The first-order chi connectivity index (χ1) is 17.3. The van der Waals surface area contributed by atoms with E-state index in [-0.39, 0.29) is 19.6 Å². The lowest BCUT2D eigenvalue weighted by atomic mass is 10.0. The lowest BCUT2D eigenvalue weighted by molar-refractivity contribution is -0.160. The van der Waals surface area contributed by atoms with Gasteiger partial charge in [-0.2, -0.15) is 8.42 Å². The topological polar surface area (TPSA) is 127 Å². The number of rotatable bonds is 26. The molecule has 0 saturated heterocycles. The molecule has 0 fully saturated rings. The number of carbonyl (C=O) groups excluding carboxylic acids is 2. The van der Waals surface area contributed by atoms with E-state index in [0.29, 0.717) is 0 Å². The number of aliphatic hydroxyl groups excluding tert-OH is 1. The van der Waals surface area contributed by atoms with Crippen LogP contribution >= 0.6 is 0 Å². The zero-order chi connectivity index (χ0) is 26.9. The van der Waals surface area contributed by atoms with Gasteiger partial charge in [-0.15, -0.1) is 0 Å². The molecule has 0 bridgehead atoms. The molecular weight excluding hydrogens is 484 g/mol. The summed E-state index contributed by atoms with van der Waals surface area (Å²) in [7, 11) is -4.12. The molecule has 0 aliphatic heterocycles. The minimum atomic E-state index is -4.12. The van der Waals surface area contributed by atoms with Gasteiger partial charge in [0.2, 0.25) is 0 Å². The first-order valence-electron chi connectivity index (χ1n) is 14.2. The Morgan fingerprint density at radius 2 is 1.03 bits per heavy atom. The van der Waals surface area contributed by atoms with Crippen molar-refractivity contribution in [2.24, 2.45) is 0 Å². The maximum atomic E-state index is 11.7. The van der Waals surface area contributed by atoms with Crippen LogP contribution in [0.2, 0.25) is 0 Å². The molecule has 0 saturated carbocycles. The maximum Gasteiger partial charge on any atom is 0.335 e. The van der Waals surface area contributed by atoms with Crippen LogP contribution in [0.1, 0.15) is 135 Å². The number of esters is 2. The highest BCUT2D eigenvalue weighted by molar-refractivity contribution is 7.85. The summed E-state index contributed by atoms with van der Waals surface area (Å²) in [5.41, 5.74) is 0. The largest absolute Gasteiger partial charge is 0.466 e. The lowest BCUT2D eigenvalue weighted by Gasteiger charge is -2.10. The fourth-order valence-corrected chi connectivity index (χ4v) is 4.48. The SMILES string of the molecule is CCCCCCCCCCCCCCCCCCCCOC(=O)CC(O)C(=O)OCCCS(=O)(=O)O. The van der Waals surface area contributed by atoms with Crippen molar-refractivity contribution in [3.8, 4) is 0 Å². The van der Waals surface area contributed by atoms with Gasteiger partial charge < -0.3 is 14.6 Å². The van der Waals surface area contributed by atoms with Crippen LogP contribution in [0.25, 0.3) is 0 Å². The normalized spacial score (nSPS) is 12.4. The average Bonchev–Trinajstić information content (AvgIpc) is 2.82. The monoisotopic (exact) mass is 536 g/mol. The van der Waals surface area contributed by atoms with Crippen molar-refractivity contribution < 1.29 is 37.1 Å². The number of aliphatic hydroxyl groups is 1. The molecular formula is C27H52O8S. The van der Waals surface area contributed by atoms with E-state index in [2.05, 4.69) is 11.7 Å². The molecule has 0 radical (unpaired) electrons. The quantitative estimate of drug-likeness (QED) is 0.0766. The highest BCUT2D eigenvalue weighted by atomic mass is 32.2. The Morgan fingerprint density at radius 1 is 0.639 bits per heavy atom. The van der Waals surface area contributed by atoms with E-state index in [1.165, 1.54) is 96.3 Å². The van der Waals surface area contributed by atoms with Gasteiger partial charge in [0.25, 0.3) is 10.1 Å². The second-order valence-corrected chi connectivity index (χ2v) is 11.3. The van der Waals surface area contributed by atoms with Gasteiger partial charge in [0, 0.05) is 0 Å². The second-order valence-electron chi connectivity index (χ2n) is 9.76. The number of carbonyl (C=O) groups is 2. The maximum absolute atomic E-state index is 11.7. The molecule has 0 spiro atoms. The summed E-state index contributed by atoms with van der Waals surface area (Å²) >= 11 is 0. The van der Waals surface area contributed by atoms with Crippen molar-refractivity contribution in [1.82, 2.24) is 0 Å². The molecule has 36 heavy (non-hydrogen) atoms. The molecule has 2 N–H and O–H groups in total. The molecule has 214 valence electrons. The van der Waals surface area contributed by atoms with E-state index >= 15 is 0 Å². The number of ether oxygens (including phenoxy) is 2. The standard InChI is InChI=1S/C27H52O8S/c1-2-3-4-5-6-7-8-9-10-11-12-13-14-15-16-17-18-19-21-34-26(29)24-25(28)27(30)35-22-20-23-36(31,32)33/h25,28H,2-24H2,1H3,(H,31,32,33). The molecule has 0 aliphatic rings. The molecule has 1 unspecified atom stereocenters. The van der Waals surface area contributed by atoms with Gasteiger partial charge in [-0.3, -0.25) is 9.35 Å². The number of hydrogen-bond acceptors (Lipinski definition) is 7. The number of unbranched alkanes of at least 4 members (excludes halogenated alkanes) is 17. The molecule has 0 rings (SSSR count). The van der Waals surface area contributed by atoms with Gasteiger partial charge in [0.1, 0.15) is 0 Å². The Kier molecular flexibility index (Phi) is 23.4. The second kappa shape index (κ2) is 24.2. The zero-order valence-electron chi connectivity index (χ0n) is 22.6. The van der Waals surface area contributed by atoms with E-state index in [9.17, 15) is 23.1 Å². The number of hydrogen-bond donors (Lipinski definition) is 2. The van der Waals surface area contributed by atoms with Crippen molar-refractivity contribution in [3.05, 3.63) is 0 Å². The summed E-state index contributed by atoms with van der Waals surface area (Å²) in [6.07, 6.45) is 20.8. The van der Waals surface area contributed by atoms with Crippen LogP contribution in [-0.2, 0) is 29.2 Å². The summed E-state index contributed by atoms with van der Waals surface area (Å²) < 4.78 is 39.4. The molecule has 0 aromatic carbocycles. The van der Waals surface area contributed by atoms with E-state index in [1.807, 2.05) is 0 Å². The van der Waals surface area contributed by atoms with Crippen molar-refractivity contribution in [2.75, 3.05) is 19.0 Å².